The number of anilines is 1. The SMILES string of the molecule is O=C(C=Cc1cccc(F)c1F)c1ccc(N2CCC(O)CC2)cc1. The summed E-state index contributed by atoms with van der Waals surface area (Å²) < 4.78 is 26.7. The molecule has 25 heavy (non-hydrogen) atoms. The summed E-state index contributed by atoms with van der Waals surface area (Å²) in [4.78, 5) is 14.4. The van der Waals surface area contributed by atoms with Gasteiger partial charge in [-0.3, -0.25) is 4.79 Å². The first-order chi connectivity index (χ1) is 12.0. The Balaban J connectivity index is 1.68. The molecule has 0 atom stereocenters. The fraction of sp³-hybridized carbons (Fsp3) is 0.250. The maximum absolute atomic E-state index is 13.6. The van der Waals surface area contributed by atoms with Crippen LogP contribution in [-0.2, 0) is 0 Å². The van der Waals surface area contributed by atoms with Gasteiger partial charge in [0.2, 0.25) is 0 Å². The minimum absolute atomic E-state index is 0.0387. The van der Waals surface area contributed by atoms with Gasteiger partial charge in [0, 0.05) is 29.9 Å². The summed E-state index contributed by atoms with van der Waals surface area (Å²) in [5, 5.41) is 9.55. The number of benzene rings is 2. The Bertz CT molecular complexity index is 779. The summed E-state index contributed by atoms with van der Waals surface area (Å²) in [6.45, 7) is 1.57. The van der Waals surface area contributed by atoms with Gasteiger partial charge in [-0.2, -0.15) is 0 Å². The van der Waals surface area contributed by atoms with Crippen LogP contribution in [0, 0.1) is 11.6 Å². The Morgan fingerprint density at radius 3 is 2.44 bits per heavy atom. The van der Waals surface area contributed by atoms with E-state index in [0.29, 0.717) is 5.56 Å². The van der Waals surface area contributed by atoms with Crippen LogP contribution in [-0.4, -0.2) is 30.1 Å². The summed E-state index contributed by atoms with van der Waals surface area (Å²) in [6, 6.07) is 11.0. The number of ketones is 1. The minimum atomic E-state index is -0.964. The molecule has 3 rings (SSSR count). The van der Waals surface area contributed by atoms with Crippen LogP contribution in [0.4, 0.5) is 14.5 Å². The number of aliphatic hydroxyl groups is 1. The first-order valence-corrected chi connectivity index (χ1v) is 8.24. The largest absolute Gasteiger partial charge is 0.393 e. The molecule has 0 saturated carbocycles. The topological polar surface area (TPSA) is 40.5 Å². The third-order valence-corrected chi connectivity index (χ3v) is 4.38. The highest BCUT2D eigenvalue weighted by Gasteiger charge is 2.17. The molecule has 0 amide bonds. The summed E-state index contributed by atoms with van der Waals surface area (Å²) in [5.74, 6) is -2.18. The number of carbonyl (C=O) groups excluding carboxylic acids is 1. The Kier molecular flexibility index (Phi) is 5.24. The van der Waals surface area contributed by atoms with Gasteiger partial charge in [0.25, 0.3) is 0 Å². The van der Waals surface area contributed by atoms with E-state index >= 15 is 0 Å². The predicted molar refractivity (Wildman–Crippen MR) is 93.6 cm³/mol. The van der Waals surface area contributed by atoms with Gasteiger partial charge in [0.15, 0.2) is 17.4 Å². The first kappa shape index (κ1) is 17.3. The Morgan fingerprint density at radius 1 is 1.08 bits per heavy atom. The van der Waals surface area contributed by atoms with Gasteiger partial charge in [0.05, 0.1) is 6.10 Å². The minimum Gasteiger partial charge on any atom is -0.393 e. The molecule has 1 aliphatic rings. The molecular weight excluding hydrogens is 324 g/mol. The molecule has 0 aliphatic carbocycles. The lowest BCUT2D eigenvalue weighted by Gasteiger charge is -2.31. The molecule has 2 aromatic carbocycles. The first-order valence-electron chi connectivity index (χ1n) is 8.24. The van der Waals surface area contributed by atoms with Crippen molar-refractivity contribution in [2.75, 3.05) is 18.0 Å². The smallest absolute Gasteiger partial charge is 0.185 e. The number of nitrogens with zero attached hydrogens (tertiary/aromatic N) is 1. The van der Waals surface area contributed by atoms with E-state index in [1.54, 1.807) is 12.1 Å². The van der Waals surface area contributed by atoms with E-state index in [2.05, 4.69) is 4.90 Å². The van der Waals surface area contributed by atoms with Gasteiger partial charge < -0.3 is 10.0 Å². The Hall–Kier alpha value is -2.53. The maximum atomic E-state index is 13.6. The van der Waals surface area contributed by atoms with Crippen molar-refractivity contribution in [2.24, 2.45) is 0 Å². The van der Waals surface area contributed by atoms with Gasteiger partial charge in [0.1, 0.15) is 0 Å². The van der Waals surface area contributed by atoms with Crippen LogP contribution < -0.4 is 4.90 Å². The highest BCUT2D eigenvalue weighted by Crippen LogP contribution is 2.21. The lowest BCUT2D eigenvalue weighted by Crippen LogP contribution is -2.35. The standard InChI is InChI=1S/C20H19F2NO2/c21-18-3-1-2-15(20(18)22)6-9-19(25)14-4-7-16(8-5-14)23-12-10-17(24)11-13-23/h1-9,17,24H,10-13H2. The van der Waals surface area contributed by atoms with Crippen LogP contribution in [0.15, 0.2) is 48.5 Å². The second-order valence-electron chi connectivity index (χ2n) is 6.11. The van der Waals surface area contributed by atoms with E-state index in [-0.39, 0.29) is 17.5 Å². The Labute approximate surface area is 145 Å². The lowest BCUT2D eigenvalue weighted by atomic mass is 10.1. The zero-order chi connectivity index (χ0) is 17.8. The van der Waals surface area contributed by atoms with Crippen molar-refractivity contribution in [3.8, 4) is 0 Å². The molecule has 1 fully saturated rings. The summed E-state index contributed by atoms with van der Waals surface area (Å²) >= 11 is 0. The summed E-state index contributed by atoms with van der Waals surface area (Å²) in [5.41, 5.74) is 1.52. The van der Waals surface area contributed by atoms with E-state index in [1.807, 2.05) is 12.1 Å². The predicted octanol–water partition coefficient (Wildman–Crippen LogP) is 3.82. The molecule has 0 aromatic heterocycles. The molecule has 3 nitrogen and oxygen atoms in total. The second kappa shape index (κ2) is 7.57. The number of halogens is 2. The monoisotopic (exact) mass is 343 g/mol. The zero-order valence-electron chi connectivity index (χ0n) is 13.7. The van der Waals surface area contributed by atoms with E-state index in [4.69, 9.17) is 0 Å². The van der Waals surface area contributed by atoms with Crippen LogP contribution in [0.5, 0.6) is 0 Å². The van der Waals surface area contributed by atoms with Crippen molar-refractivity contribution in [2.45, 2.75) is 18.9 Å². The summed E-state index contributed by atoms with van der Waals surface area (Å²) in [6.07, 6.45) is 3.77. The lowest BCUT2D eigenvalue weighted by molar-refractivity contribution is 0.104. The zero-order valence-corrected chi connectivity index (χ0v) is 13.7. The van der Waals surface area contributed by atoms with Crippen LogP contribution >= 0.6 is 0 Å². The number of aliphatic hydroxyl groups excluding tert-OH is 1. The fourth-order valence-electron chi connectivity index (χ4n) is 2.87. The van der Waals surface area contributed by atoms with E-state index in [9.17, 15) is 18.7 Å². The third kappa shape index (κ3) is 4.12. The molecule has 130 valence electrons. The highest BCUT2D eigenvalue weighted by atomic mass is 19.2. The number of hydrogen-bond acceptors (Lipinski definition) is 3. The normalized spacial score (nSPS) is 15.7. The summed E-state index contributed by atoms with van der Waals surface area (Å²) in [7, 11) is 0. The van der Waals surface area contributed by atoms with Gasteiger partial charge in [-0.1, -0.05) is 12.1 Å². The quantitative estimate of drug-likeness (QED) is 0.678. The molecule has 1 saturated heterocycles. The molecule has 5 heteroatoms. The van der Waals surface area contributed by atoms with Gasteiger partial charge in [-0.25, -0.2) is 8.78 Å². The van der Waals surface area contributed by atoms with Crippen LogP contribution in [0.2, 0.25) is 0 Å². The fourth-order valence-corrected chi connectivity index (χ4v) is 2.87. The van der Waals surface area contributed by atoms with Crippen molar-refractivity contribution in [3.63, 3.8) is 0 Å². The van der Waals surface area contributed by atoms with Crippen molar-refractivity contribution < 1.29 is 18.7 Å². The maximum Gasteiger partial charge on any atom is 0.185 e. The number of piperidine rings is 1. The van der Waals surface area contributed by atoms with Gasteiger partial charge in [-0.05, 0) is 55.3 Å². The average molecular weight is 343 g/mol. The number of allylic oxidation sites excluding steroid dienone is 1. The molecule has 0 unspecified atom stereocenters. The van der Waals surface area contributed by atoms with Crippen molar-refractivity contribution in [1.29, 1.82) is 0 Å². The van der Waals surface area contributed by atoms with E-state index in [0.717, 1.165) is 37.7 Å². The molecule has 1 heterocycles. The van der Waals surface area contributed by atoms with Gasteiger partial charge >= 0.3 is 0 Å². The molecule has 1 aliphatic heterocycles. The molecular formula is C20H19F2NO2. The van der Waals surface area contributed by atoms with Crippen LogP contribution in [0.1, 0.15) is 28.8 Å². The van der Waals surface area contributed by atoms with Crippen molar-refractivity contribution in [1.82, 2.24) is 0 Å². The van der Waals surface area contributed by atoms with Crippen molar-refractivity contribution in [3.05, 3.63) is 71.3 Å². The number of hydrogen-bond donors (Lipinski definition) is 1. The number of rotatable bonds is 4. The molecule has 1 N–H and O–H groups in total. The molecule has 0 radical (unpaired) electrons. The van der Waals surface area contributed by atoms with Crippen molar-refractivity contribution >= 4 is 17.5 Å². The van der Waals surface area contributed by atoms with E-state index < -0.39 is 11.6 Å². The third-order valence-electron chi connectivity index (χ3n) is 4.38. The van der Waals surface area contributed by atoms with E-state index in [1.165, 1.54) is 24.3 Å². The average Bonchev–Trinajstić information content (AvgIpc) is 2.63. The number of carbonyl (C=O) groups is 1. The molecule has 0 spiro atoms. The Morgan fingerprint density at radius 2 is 1.76 bits per heavy atom. The van der Waals surface area contributed by atoms with Gasteiger partial charge in [-0.15, -0.1) is 0 Å². The molecule has 2 aromatic rings. The molecule has 0 bridgehead atoms. The van der Waals surface area contributed by atoms with Crippen LogP contribution in [0.3, 0.4) is 0 Å². The second-order valence-corrected chi connectivity index (χ2v) is 6.11. The van der Waals surface area contributed by atoms with Crippen LogP contribution in [0.25, 0.3) is 6.08 Å². The highest BCUT2D eigenvalue weighted by molar-refractivity contribution is 6.07.